The van der Waals surface area contributed by atoms with E-state index in [9.17, 15) is 4.79 Å². The third-order valence-electron chi connectivity index (χ3n) is 3.63. The lowest BCUT2D eigenvalue weighted by Gasteiger charge is -2.13. The molecule has 0 saturated carbocycles. The maximum absolute atomic E-state index is 12.2. The predicted octanol–water partition coefficient (Wildman–Crippen LogP) is 2.39. The summed E-state index contributed by atoms with van der Waals surface area (Å²) in [5.74, 6) is -0.168. The number of carbonyl (C=O) groups excluding carboxylic acids is 1. The fourth-order valence-corrected chi connectivity index (χ4v) is 2.74. The Morgan fingerprint density at radius 2 is 2.30 bits per heavy atom. The molecule has 1 aliphatic heterocycles. The molecule has 3 N–H and O–H groups in total. The largest absolute Gasteiger partial charge is 0.364 e. The SMILES string of the molecule is Cl.NC[C@H]1CC[C@@H](C(=O)Nc2ccc(-n3cccn3)c(Cl)c2)O1. The van der Waals surface area contributed by atoms with Gasteiger partial charge in [0, 0.05) is 24.6 Å². The average Bonchev–Trinajstić information content (AvgIpc) is 3.19. The second-order valence-corrected chi connectivity index (χ2v) is 5.57. The van der Waals surface area contributed by atoms with Crippen molar-refractivity contribution in [2.45, 2.75) is 25.0 Å². The summed E-state index contributed by atoms with van der Waals surface area (Å²) in [5.41, 5.74) is 6.93. The molecule has 8 heteroatoms. The van der Waals surface area contributed by atoms with Gasteiger partial charge in [-0.2, -0.15) is 5.10 Å². The maximum atomic E-state index is 12.2. The van der Waals surface area contributed by atoms with Crippen molar-refractivity contribution in [1.29, 1.82) is 0 Å². The van der Waals surface area contributed by atoms with E-state index in [1.165, 1.54) is 0 Å². The minimum absolute atomic E-state index is 0. The van der Waals surface area contributed by atoms with Gasteiger partial charge in [0.25, 0.3) is 5.91 Å². The lowest BCUT2D eigenvalue weighted by molar-refractivity contribution is -0.126. The van der Waals surface area contributed by atoms with Crippen LogP contribution in [0.15, 0.2) is 36.7 Å². The van der Waals surface area contributed by atoms with Crippen molar-refractivity contribution in [3.63, 3.8) is 0 Å². The Bertz CT molecular complexity index is 664. The number of ether oxygens (including phenoxy) is 1. The molecular formula is C15H18Cl2N4O2. The van der Waals surface area contributed by atoms with Crippen LogP contribution in [-0.2, 0) is 9.53 Å². The number of nitrogens with one attached hydrogen (secondary N) is 1. The Labute approximate surface area is 145 Å². The summed E-state index contributed by atoms with van der Waals surface area (Å²) in [6.07, 6.45) is 4.51. The Morgan fingerprint density at radius 3 is 2.91 bits per heavy atom. The van der Waals surface area contributed by atoms with Gasteiger partial charge in [-0.05, 0) is 37.1 Å². The summed E-state index contributed by atoms with van der Waals surface area (Å²) in [7, 11) is 0. The summed E-state index contributed by atoms with van der Waals surface area (Å²) < 4.78 is 7.24. The highest BCUT2D eigenvalue weighted by Gasteiger charge is 2.29. The normalized spacial score (nSPS) is 20.1. The number of halogens is 2. The van der Waals surface area contributed by atoms with E-state index < -0.39 is 6.10 Å². The predicted molar refractivity (Wildman–Crippen MR) is 91.4 cm³/mol. The quantitative estimate of drug-likeness (QED) is 0.880. The van der Waals surface area contributed by atoms with Gasteiger partial charge in [0.15, 0.2) is 0 Å². The van der Waals surface area contributed by atoms with Crippen LogP contribution in [0.3, 0.4) is 0 Å². The highest BCUT2D eigenvalue weighted by Crippen LogP contribution is 2.25. The first-order valence-corrected chi connectivity index (χ1v) is 7.51. The lowest BCUT2D eigenvalue weighted by Crippen LogP contribution is -2.29. The summed E-state index contributed by atoms with van der Waals surface area (Å²) in [4.78, 5) is 12.2. The van der Waals surface area contributed by atoms with Crippen LogP contribution in [0, 0.1) is 0 Å². The van der Waals surface area contributed by atoms with E-state index in [-0.39, 0.29) is 24.4 Å². The molecule has 0 bridgehead atoms. The fourth-order valence-electron chi connectivity index (χ4n) is 2.48. The highest BCUT2D eigenvalue weighted by molar-refractivity contribution is 6.32. The van der Waals surface area contributed by atoms with E-state index in [1.54, 1.807) is 29.2 Å². The molecule has 2 aromatic rings. The number of amides is 1. The van der Waals surface area contributed by atoms with Gasteiger partial charge in [-0.1, -0.05) is 11.6 Å². The second kappa shape index (κ2) is 7.79. The molecule has 1 fully saturated rings. The van der Waals surface area contributed by atoms with Gasteiger partial charge in [-0.15, -0.1) is 12.4 Å². The topological polar surface area (TPSA) is 82.2 Å². The van der Waals surface area contributed by atoms with E-state index in [4.69, 9.17) is 22.1 Å². The Morgan fingerprint density at radius 1 is 1.48 bits per heavy atom. The van der Waals surface area contributed by atoms with Gasteiger partial charge in [-0.3, -0.25) is 4.79 Å². The number of carbonyl (C=O) groups is 1. The Kier molecular flexibility index (Phi) is 6.01. The molecule has 124 valence electrons. The van der Waals surface area contributed by atoms with Crippen molar-refractivity contribution < 1.29 is 9.53 Å². The molecule has 1 aliphatic rings. The summed E-state index contributed by atoms with van der Waals surface area (Å²) in [5, 5.41) is 7.46. The zero-order valence-electron chi connectivity index (χ0n) is 12.3. The zero-order chi connectivity index (χ0) is 15.5. The molecule has 3 rings (SSSR count). The Balaban J connectivity index is 0.00000192. The number of nitrogens with two attached hydrogens (primary N) is 1. The van der Waals surface area contributed by atoms with Crippen LogP contribution in [0.1, 0.15) is 12.8 Å². The van der Waals surface area contributed by atoms with Gasteiger partial charge < -0.3 is 15.8 Å². The van der Waals surface area contributed by atoms with Crippen LogP contribution >= 0.6 is 24.0 Å². The van der Waals surface area contributed by atoms with Crippen molar-refractivity contribution in [2.24, 2.45) is 5.73 Å². The van der Waals surface area contributed by atoms with Gasteiger partial charge in [0.1, 0.15) is 6.10 Å². The first-order valence-electron chi connectivity index (χ1n) is 7.13. The fraction of sp³-hybridized carbons (Fsp3) is 0.333. The second-order valence-electron chi connectivity index (χ2n) is 5.17. The maximum Gasteiger partial charge on any atom is 0.253 e. The first kappa shape index (κ1) is 17.7. The molecule has 23 heavy (non-hydrogen) atoms. The minimum atomic E-state index is -0.446. The van der Waals surface area contributed by atoms with Crippen LogP contribution in [-0.4, -0.2) is 34.4 Å². The summed E-state index contributed by atoms with van der Waals surface area (Å²) in [6.45, 7) is 0.439. The van der Waals surface area contributed by atoms with Crippen LogP contribution in [0.4, 0.5) is 5.69 Å². The number of hydrogen-bond donors (Lipinski definition) is 2. The molecule has 2 heterocycles. The molecule has 0 radical (unpaired) electrons. The molecule has 1 saturated heterocycles. The molecule has 6 nitrogen and oxygen atoms in total. The molecule has 1 aromatic carbocycles. The standard InChI is InChI=1S/C15H17ClN4O2.ClH/c16-12-8-10(2-4-13(12)20-7-1-6-18-20)19-15(21)14-5-3-11(9-17)22-14;/h1-2,4,6-8,11,14H,3,5,9,17H2,(H,19,21);1H/t11-,14+;/m1./s1. The first-order chi connectivity index (χ1) is 10.7. The van der Waals surface area contributed by atoms with Gasteiger partial charge >= 0.3 is 0 Å². The van der Waals surface area contributed by atoms with Crippen LogP contribution in [0.25, 0.3) is 5.69 Å². The molecule has 2 atom stereocenters. The van der Waals surface area contributed by atoms with Crippen molar-refractivity contribution in [2.75, 3.05) is 11.9 Å². The smallest absolute Gasteiger partial charge is 0.253 e. The van der Waals surface area contributed by atoms with Crippen LogP contribution in [0.5, 0.6) is 0 Å². The van der Waals surface area contributed by atoms with Crippen LogP contribution < -0.4 is 11.1 Å². The van der Waals surface area contributed by atoms with Crippen LogP contribution in [0.2, 0.25) is 5.02 Å². The monoisotopic (exact) mass is 356 g/mol. The molecule has 1 amide bonds. The molecule has 0 unspecified atom stereocenters. The number of rotatable bonds is 4. The number of benzene rings is 1. The van der Waals surface area contributed by atoms with Crippen molar-refractivity contribution in [3.8, 4) is 5.69 Å². The third kappa shape index (κ3) is 4.03. The van der Waals surface area contributed by atoms with E-state index in [0.717, 1.165) is 12.1 Å². The number of aromatic nitrogens is 2. The molecule has 0 spiro atoms. The number of hydrogen-bond acceptors (Lipinski definition) is 4. The zero-order valence-corrected chi connectivity index (χ0v) is 13.9. The Hall–Kier alpha value is -1.60. The van der Waals surface area contributed by atoms with E-state index in [1.807, 2.05) is 12.1 Å². The lowest BCUT2D eigenvalue weighted by atomic mass is 10.2. The van der Waals surface area contributed by atoms with E-state index in [0.29, 0.717) is 23.7 Å². The number of anilines is 1. The summed E-state index contributed by atoms with van der Waals surface area (Å²) in [6, 6.07) is 7.11. The molecule has 0 aliphatic carbocycles. The molecule has 1 aromatic heterocycles. The van der Waals surface area contributed by atoms with Crippen molar-refractivity contribution in [1.82, 2.24) is 9.78 Å². The minimum Gasteiger partial charge on any atom is -0.364 e. The van der Waals surface area contributed by atoms with Gasteiger partial charge in [-0.25, -0.2) is 4.68 Å². The van der Waals surface area contributed by atoms with Crippen molar-refractivity contribution in [3.05, 3.63) is 41.7 Å². The van der Waals surface area contributed by atoms with Crippen molar-refractivity contribution >= 4 is 35.6 Å². The highest BCUT2D eigenvalue weighted by atomic mass is 35.5. The van der Waals surface area contributed by atoms with Gasteiger partial charge in [0.05, 0.1) is 16.8 Å². The number of nitrogens with zero attached hydrogens (tertiary/aromatic N) is 2. The van der Waals surface area contributed by atoms with Gasteiger partial charge in [0.2, 0.25) is 0 Å². The van der Waals surface area contributed by atoms with E-state index >= 15 is 0 Å². The average molecular weight is 357 g/mol. The molecular weight excluding hydrogens is 339 g/mol. The van der Waals surface area contributed by atoms with E-state index in [2.05, 4.69) is 10.4 Å². The summed E-state index contributed by atoms with van der Waals surface area (Å²) >= 11 is 6.25. The third-order valence-corrected chi connectivity index (χ3v) is 3.93.